The number of aryl methyl sites for hydroxylation is 1. The van der Waals surface area contributed by atoms with Gasteiger partial charge in [0.25, 0.3) is 5.91 Å². The molecular weight excluding hydrogens is 412 g/mol. The van der Waals surface area contributed by atoms with Crippen LogP contribution in [0.3, 0.4) is 0 Å². The summed E-state index contributed by atoms with van der Waals surface area (Å²) in [6.45, 7) is 4.43. The third-order valence-corrected chi connectivity index (χ3v) is 7.39. The summed E-state index contributed by atoms with van der Waals surface area (Å²) in [6, 6.07) is 5.45. The van der Waals surface area contributed by atoms with Crippen molar-refractivity contribution >= 4 is 37.3 Å². The number of hydrogen-bond donors (Lipinski definition) is 3. The molecular formula is C20H22N2O5S2. The number of fused-ring (bicyclic) bond motifs is 1. The Balaban J connectivity index is 2.23. The summed E-state index contributed by atoms with van der Waals surface area (Å²) in [5, 5.41) is 19.1. The largest absolute Gasteiger partial charge is 0.378 e. The van der Waals surface area contributed by atoms with Crippen molar-refractivity contribution in [3.63, 3.8) is 0 Å². The number of thiazole rings is 1. The fourth-order valence-electron chi connectivity index (χ4n) is 2.38. The highest BCUT2D eigenvalue weighted by atomic mass is 32.2. The van der Waals surface area contributed by atoms with Gasteiger partial charge in [0.1, 0.15) is 10.3 Å². The van der Waals surface area contributed by atoms with Gasteiger partial charge in [0, 0.05) is 18.2 Å². The van der Waals surface area contributed by atoms with Crippen LogP contribution >= 0.6 is 11.3 Å². The molecule has 0 aliphatic carbocycles. The van der Waals surface area contributed by atoms with Crippen molar-refractivity contribution in [2.45, 2.75) is 44.0 Å². The number of aromatic nitrogens is 1. The molecule has 29 heavy (non-hydrogen) atoms. The Morgan fingerprint density at radius 3 is 2.55 bits per heavy atom. The molecule has 154 valence electrons. The van der Waals surface area contributed by atoms with Gasteiger partial charge in [-0.15, -0.1) is 11.3 Å². The van der Waals surface area contributed by atoms with Crippen LogP contribution < -0.4 is 5.48 Å². The van der Waals surface area contributed by atoms with E-state index in [0.717, 1.165) is 22.0 Å². The van der Waals surface area contributed by atoms with E-state index >= 15 is 0 Å². The quantitative estimate of drug-likeness (QED) is 0.374. The van der Waals surface area contributed by atoms with Crippen molar-refractivity contribution in [2.24, 2.45) is 0 Å². The maximum Gasteiger partial charge on any atom is 0.264 e. The number of sulfone groups is 1. The summed E-state index contributed by atoms with van der Waals surface area (Å²) in [7, 11) is -3.75. The number of hydrogen-bond acceptors (Lipinski definition) is 7. The molecule has 0 radical (unpaired) electrons. The van der Waals surface area contributed by atoms with E-state index in [4.69, 9.17) is 5.21 Å². The molecule has 1 atom stereocenters. The van der Waals surface area contributed by atoms with Gasteiger partial charge in [0.05, 0.1) is 15.2 Å². The first-order chi connectivity index (χ1) is 13.4. The topological polar surface area (TPSA) is 117 Å². The van der Waals surface area contributed by atoms with Gasteiger partial charge in [-0.3, -0.25) is 10.0 Å². The second-order valence-electron chi connectivity index (χ2n) is 7.29. The van der Waals surface area contributed by atoms with Crippen LogP contribution in [0.15, 0.2) is 18.2 Å². The minimum absolute atomic E-state index is 0.0166. The van der Waals surface area contributed by atoms with Crippen LogP contribution in [0, 0.1) is 23.7 Å². The van der Waals surface area contributed by atoms with E-state index in [9.17, 15) is 18.3 Å². The van der Waals surface area contributed by atoms with Gasteiger partial charge in [0.15, 0.2) is 9.84 Å². The highest BCUT2D eigenvalue weighted by Crippen LogP contribution is 2.28. The Hall–Kier alpha value is -2.43. The second-order valence-corrected chi connectivity index (χ2v) is 10.9. The molecule has 1 aromatic carbocycles. The van der Waals surface area contributed by atoms with Crippen molar-refractivity contribution in [2.75, 3.05) is 6.26 Å². The fourth-order valence-corrected chi connectivity index (χ4v) is 4.24. The van der Waals surface area contributed by atoms with E-state index in [0.29, 0.717) is 5.01 Å². The molecule has 0 bridgehead atoms. The van der Waals surface area contributed by atoms with Crippen molar-refractivity contribution in [3.8, 4) is 23.7 Å². The number of aliphatic hydroxyl groups is 1. The molecule has 0 aliphatic rings. The van der Waals surface area contributed by atoms with Crippen LogP contribution in [0.4, 0.5) is 0 Å². The van der Waals surface area contributed by atoms with E-state index in [1.165, 1.54) is 23.7 Å². The SMILES string of the molecule is CC(C)(O)C#CC#Cc1ccc2nc(CC[C@](C)(C(=O)NO)S(C)(=O)=O)sc2c1. The van der Waals surface area contributed by atoms with Gasteiger partial charge in [-0.05, 0) is 57.2 Å². The van der Waals surface area contributed by atoms with Crippen LogP contribution in [0.25, 0.3) is 10.2 Å². The Kier molecular flexibility index (Phi) is 6.71. The average molecular weight is 435 g/mol. The molecule has 7 nitrogen and oxygen atoms in total. The lowest BCUT2D eigenvalue weighted by molar-refractivity contribution is -0.131. The molecule has 2 rings (SSSR count). The molecule has 0 saturated carbocycles. The third-order valence-electron chi connectivity index (χ3n) is 4.29. The molecule has 1 aromatic heterocycles. The van der Waals surface area contributed by atoms with Gasteiger partial charge < -0.3 is 5.11 Å². The summed E-state index contributed by atoms with van der Waals surface area (Å²) >= 11 is 1.38. The van der Waals surface area contributed by atoms with Crippen molar-refractivity contribution < 1.29 is 23.5 Å². The first-order valence-corrected chi connectivity index (χ1v) is 11.4. The fraction of sp³-hybridized carbons (Fsp3) is 0.400. The van der Waals surface area contributed by atoms with E-state index in [1.807, 2.05) is 6.07 Å². The van der Waals surface area contributed by atoms with Crippen LogP contribution in [0.1, 0.15) is 37.8 Å². The van der Waals surface area contributed by atoms with E-state index < -0.39 is 26.1 Å². The molecule has 3 N–H and O–H groups in total. The third kappa shape index (κ3) is 5.78. The van der Waals surface area contributed by atoms with Gasteiger partial charge in [-0.25, -0.2) is 18.9 Å². The van der Waals surface area contributed by atoms with Gasteiger partial charge in [-0.2, -0.15) is 0 Å². The van der Waals surface area contributed by atoms with Gasteiger partial charge >= 0.3 is 0 Å². The van der Waals surface area contributed by atoms with Crippen molar-refractivity contribution in [3.05, 3.63) is 28.8 Å². The highest BCUT2D eigenvalue weighted by Gasteiger charge is 2.43. The first-order valence-electron chi connectivity index (χ1n) is 8.65. The van der Waals surface area contributed by atoms with Crippen LogP contribution in [-0.2, 0) is 21.1 Å². The highest BCUT2D eigenvalue weighted by molar-refractivity contribution is 7.92. The van der Waals surface area contributed by atoms with Crippen molar-refractivity contribution in [1.82, 2.24) is 10.5 Å². The Bertz CT molecular complexity index is 1150. The minimum atomic E-state index is -3.75. The van der Waals surface area contributed by atoms with E-state index in [2.05, 4.69) is 28.7 Å². The summed E-state index contributed by atoms with van der Waals surface area (Å²) in [5.74, 6) is 9.84. The molecule has 0 unspecified atom stereocenters. The number of nitrogens with one attached hydrogen (secondary N) is 1. The number of amides is 1. The smallest absolute Gasteiger partial charge is 0.264 e. The number of benzene rings is 1. The monoisotopic (exact) mass is 434 g/mol. The molecule has 0 spiro atoms. The zero-order valence-corrected chi connectivity index (χ0v) is 18.2. The van der Waals surface area contributed by atoms with Gasteiger partial charge in [0.2, 0.25) is 0 Å². The lowest BCUT2D eigenvalue weighted by Gasteiger charge is -2.24. The summed E-state index contributed by atoms with van der Waals surface area (Å²) in [4.78, 5) is 16.4. The average Bonchev–Trinajstić information content (AvgIpc) is 3.03. The number of hydroxylamine groups is 1. The molecule has 9 heteroatoms. The Morgan fingerprint density at radius 2 is 1.97 bits per heavy atom. The maximum atomic E-state index is 12.0. The van der Waals surface area contributed by atoms with Crippen LogP contribution in [-0.4, -0.2) is 46.2 Å². The number of carbonyl (C=O) groups is 1. The zero-order chi connectivity index (χ0) is 21.9. The molecule has 2 aromatic rings. The Morgan fingerprint density at radius 1 is 1.28 bits per heavy atom. The molecule has 1 amide bonds. The standard InChI is InChI=1S/C20H22N2O5S2/c1-19(2,24)11-6-5-7-14-8-9-15-16(13-14)28-17(21-15)10-12-20(3,18(23)22-25)29(4,26)27/h8-9,13,24-25H,10,12H2,1-4H3,(H,22,23)/t20-/m1/s1. The Labute approximate surface area is 174 Å². The zero-order valence-electron chi connectivity index (χ0n) is 16.5. The van der Waals surface area contributed by atoms with Crippen LogP contribution in [0.5, 0.6) is 0 Å². The molecule has 0 aliphatic heterocycles. The van der Waals surface area contributed by atoms with E-state index in [1.54, 1.807) is 26.0 Å². The lowest BCUT2D eigenvalue weighted by atomic mass is 10.0. The molecule has 1 heterocycles. The molecule has 0 fully saturated rings. The van der Waals surface area contributed by atoms with Crippen LogP contribution in [0.2, 0.25) is 0 Å². The van der Waals surface area contributed by atoms with Gasteiger partial charge in [-0.1, -0.05) is 11.8 Å². The summed E-state index contributed by atoms with van der Waals surface area (Å²) in [6.07, 6.45) is 1.21. The van der Waals surface area contributed by atoms with Crippen molar-refractivity contribution in [1.29, 1.82) is 0 Å². The number of carbonyl (C=O) groups excluding carboxylic acids is 1. The first kappa shape index (κ1) is 22.9. The maximum absolute atomic E-state index is 12.0. The predicted octanol–water partition coefficient (Wildman–Crippen LogP) is 1.66. The predicted molar refractivity (Wildman–Crippen MR) is 112 cm³/mol. The summed E-state index contributed by atoms with van der Waals surface area (Å²) in [5.41, 5.74) is 1.82. The summed E-state index contributed by atoms with van der Waals surface area (Å²) < 4.78 is 23.2. The molecule has 0 saturated heterocycles. The number of nitrogens with zero attached hydrogens (tertiary/aromatic N) is 1. The minimum Gasteiger partial charge on any atom is -0.378 e. The number of rotatable bonds is 5. The normalized spacial score (nSPS) is 13.6. The van der Waals surface area contributed by atoms with E-state index in [-0.39, 0.29) is 12.8 Å². The second kappa shape index (κ2) is 8.52. The lowest BCUT2D eigenvalue weighted by Crippen LogP contribution is -2.49.